The van der Waals surface area contributed by atoms with Crippen LogP contribution in [0, 0.1) is 0 Å². The molecule has 2 nitrogen and oxygen atoms in total. The van der Waals surface area contributed by atoms with Crippen LogP contribution in [0.4, 0.5) is 0 Å². The fourth-order valence-corrected chi connectivity index (χ4v) is 1.41. The van der Waals surface area contributed by atoms with Gasteiger partial charge in [0.05, 0.1) is 0 Å². The molecular weight excluding hydrogens is 174 g/mol. The Labute approximate surface area is 83.1 Å². The van der Waals surface area contributed by atoms with E-state index in [0.29, 0.717) is 5.75 Å². The monoisotopic (exact) mass is 186 g/mol. The molecule has 0 aliphatic heterocycles. The quantitative estimate of drug-likeness (QED) is 0.709. The minimum absolute atomic E-state index is 0.319. The molecule has 0 fully saturated rings. The van der Waals surface area contributed by atoms with Crippen molar-refractivity contribution in [1.29, 1.82) is 0 Å². The van der Waals surface area contributed by atoms with Gasteiger partial charge in [-0.25, -0.2) is 4.57 Å². The molecule has 0 saturated heterocycles. The highest BCUT2D eigenvalue weighted by Crippen LogP contribution is 2.09. The van der Waals surface area contributed by atoms with E-state index in [4.69, 9.17) is 0 Å². The number of aromatic nitrogens is 1. The number of hydrogen-bond donors (Lipinski definition) is 1. The molecule has 14 heavy (non-hydrogen) atoms. The summed E-state index contributed by atoms with van der Waals surface area (Å²) in [6.45, 7) is 0.787. The normalized spacial score (nSPS) is 10.0. The van der Waals surface area contributed by atoms with Gasteiger partial charge in [0.15, 0.2) is 18.9 Å². The number of hydrogen-bond acceptors (Lipinski definition) is 1. The van der Waals surface area contributed by atoms with Gasteiger partial charge in [0.1, 0.15) is 5.75 Å². The summed E-state index contributed by atoms with van der Waals surface area (Å²) in [5.74, 6) is 0.319. The van der Waals surface area contributed by atoms with E-state index >= 15 is 0 Å². The van der Waals surface area contributed by atoms with Crippen LogP contribution in [0.2, 0.25) is 0 Å². The van der Waals surface area contributed by atoms with Crippen LogP contribution in [-0.2, 0) is 6.54 Å². The Hall–Kier alpha value is -1.83. The Morgan fingerprint density at radius 1 is 1.00 bits per heavy atom. The zero-order chi connectivity index (χ0) is 9.80. The Balaban J connectivity index is 2.19. The summed E-state index contributed by atoms with van der Waals surface area (Å²) in [7, 11) is 0. The highest BCUT2D eigenvalue weighted by atomic mass is 16.3. The van der Waals surface area contributed by atoms with Gasteiger partial charge < -0.3 is 5.11 Å². The first-order valence-electron chi connectivity index (χ1n) is 4.56. The highest BCUT2D eigenvalue weighted by molar-refractivity contribution is 5.26. The van der Waals surface area contributed by atoms with Gasteiger partial charge in [-0.3, -0.25) is 0 Å². The van der Waals surface area contributed by atoms with Crippen molar-refractivity contribution in [1.82, 2.24) is 0 Å². The molecule has 1 aromatic heterocycles. The van der Waals surface area contributed by atoms with E-state index in [0.717, 1.165) is 12.1 Å². The molecule has 0 radical (unpaired) electrons. The summed E-state index contributed by atoms with van der Waals surface area (Å²) in [5, 5.41) is 9.28. The molecule has 2 aromatic rings. The van der Waals surface area contributed by atoms with E-state index in [1.165, 1.54) is 0 Å². The fourth-order valence-electron chi connectivity index (χ4n) is 1.41. The predicted molar refractivity (Wildman–Crippen MR) is 53.8 cm³/mol. The second kappa shape index (κ2) is 3.92. The van der Waals surface area contributed by atoms with Crippen LogP contribution in [0.5, 0.6) is 5.75 Å². The van der Waals surface area contributed by atoms with E-state index in [1.54, 1.807) is 12.1 Å². The maximum atomic E-state index is 9.28. The fraction of sp³-hybridized carbons (Fsp3) is 0.0833. The summed E-state index contributed by atoms with van der Waals surface area (Å²) in [4.78, 5) is 0. The third-order valence-corrected chi connectivity index (χ3v) is 2.05. The van der Waals surface area contributed by atoms with Crippen molar-refractivity contribution in [2.45, 2.75) is 6.54 Å². The van der Waals surface area contributed by atoms with Gasteiger partial charge in [-0.1, -0.05) is 18.2 Å². The van der Waals surface area contributed by atoms with Crippen LogP contribution in [0.1, 0.15) is 5.56 Å². The third-order valence-electron chi connectivity index (χ3n) is 2.05. The average Bonchev–Trinajstić information content (AvgIpc) is 2.19. The summed E-state index contributed by atoms with van der Waals surface area (Å²) in [6.07, 6.45) is 4.01. The standard InChI is InChI=1S/C12H11NO/c14-12-6-4-5-11(9-12)10-13-7-2-1-3-8-13/h1-9H,10H2/p+1. The Morgan fingerprint density at radius 2 is 1.79 bits per heavy atom. The predicted octanol–water partition coefficient (Wildman–Crippen LogP) is 1.73. The Kier molecular flexibility index (Phi) is 2.45. The minimum Gasteiger partial charge on any atom is -0.508 e. The van der Waals surface area contributed by atoms with Gasteiger partial charge in [-0.15, -0.1) is 0 Å². The molecule has 0 aliphatic carbocycles. The molecule has 0 bridgehead atoms. The number of rotatable bonds is 2. The number of pyridine rings is 1. The van der Waals surface area contributed by atoms with Crippen molar-refractivity contribution >= 4 is 0 Å². The smallest absolute Gasteiger partial charge is 0.173 e. The topological polar surface area (TPSA) is 24.1 Å². The lowest BCUT2D eigenvalue weighted by molar-refractivity contribution is -0.688. The average molecular weight is 186 g/mol. The molecule has 0 saturated carbocycles. The highest BCUT2D eigenvalue weighted by Gasteiger charge is 2.00. The van der Waals surface area contributed by atoms with Crippen molar-refractivity contribution in [3.8, 4) is 5.75 Å². The number of nitrogens with zero attached hydrogens (tertiary/aromatic N) is 1. The van der Waals surface area contributed by atoms with Crippen LogP contribution in [0.3, 0.4) is 0 Å². The zero-order valence-electron chi connectivity index (χ0n) is 7.80. The van der Waals surface area contributed by atoms with E-state index in [-0.39, 0.29) is 0 Å². The Morgan fingerprint density at radius 3 is 2.50 bits per heavy atom. The second-order valence-electron chi connectivity index (χ2n) is 3.22. The maximum Gasteiger partial charge on any atom is 0.173 e. The van der Waals surface area contributed by atoms with E-state index in [9.17, 15) is 5.11 Å². The lowest BCUT2D eigenvalue weighted by Crippen LogP contribution is -2.32. The molecule has 1 aromatic carbocycles. The summed E-state index contributed by atoms with van der Waals surface area (Å²) in [5.41, 5.74) is 1.10. The number of phenols is 1. The van der Waals surface area contributed by atoms with Crippen LogP contribution < -0.4 is 4.57 Å². The molecule has 0 atom stereocenters. The van der Waals surface area contributed by atoms with Crippen LogP contribution in [0.25, 0.3) is 0 Å². The van der Waals surface area contributed by atoms with Gasteiger partial charge in [-0.05, 0) is 12.1 Å². The first-order chi connectivity index (χ1) is 6.84. The molecule has 0 aliphatic rings. The molecule has 2 rings (SSSR count). The molecular formula is C12H12NO+. The van der Waals surface area contributed by atoms with Gasteiger partial charge in [0.2, 0.25) is 0 Å². The molecule has 0 amide bonds. The molecule has 70 valence electrons. The van der Waals surface area contributed by atoms with Gasteiger partial charge in [-0.2, -0.15) is 0 Å². The lowest BCUT2D eigenvalue weighted by Gasteiger charge is -1.97. The number of benzene rings is 1. The molecule has 0 spiro atoms. The molecule has 2 heteroatoms. The first-order valence-corrected chi connectivity index (χ1v) is 4.56. The number of phenolic OH excluding ortho intramolecular Hbond substituents is 1. The van der Waals surface area contributed by atoms with Crippen molar-refractivity contribution in [2.24, 2.45) is 0 Å². The first kappa shape index (κ1) is 8.75. The molecule has 1 heterocycles. The van der Waals surface area contributed by atoms with Crippen molar-refractivity contribution in [3.05, 3.63) is 60.4 Å². The molecule has 1 N–H and O–H groups in total. The van der Waals surface area contributed by atoms with Crippen LogP contribution in [-0.4, -0.2) is 5.11 Å². The maximum absolute atomic E-state index is 9.28. The zero-order valence-corrected chi connectivity index (χ0v) is 7.80. The summed E-state index contributed by atoms with van der Waals surface area (Å²) < 4.78 is 2.06. The third kappa shape index (κ3) is 2.10. The van der Waals surface area contributed by atoms with Gasteiger partial charge in [0, 0.05) is 17.7 Å². The van der Waals surface area contributed by atoms with E-state index in [2.05, 4.69) is 4.57 Å². The Bertz CT molecular complexity index is 412. The second-order valence-corrected chi connectivity index (χ2v) is 3.22. The van der Waals surface area contributed by atoms with Crippen molar-refractivity contribution in [3.63, 3.8) is 0 Å². The summed E-state index contributed by atoms with van der Waals surface area (Å²) in [6, 6.07) is 13.3. The largest absolute Gasteiger partial charge is 0.508 e. The lowest BCUT2D eigenvalue weighted by atomic mass is 10.2. The van der Waals surface area contributed by atoms with E-state index < -0.39 is 0 Å². The van der Waals surface area contributed by atoms with Crippen LogP contribution >= 0.6 is 0 Å². The van der Waals surface area contributed by atoms with Gasteiger partial charge in [0.25, 0.3) is 0 Å². The SMILES string of the molecule is Oc1cccc(C[n+]2ccccc2)c1. The van der Waals surface area contributed by atoms with E-state index in [1.807, 2.05) is 42.7 Å². The van der Waals surface area contributed by atoms with Gasteiger partial charge >= 0.3 is 0 Å². The van der Waals surface area contributed by atoms with Crippen LogP contribution in [0.15, 0.2) is 54.9 Å². The molecule has 0 unspecified atom stereocenters. The van der Waals surface area contributed by atoms with Crippen molar-refractivity contribution < 1.29 is 9.67 Å². The summed E-state index contributed by atoms with van der Waals surface area (Å²) >= 11 is 0. The van der Waals surface area contributed by atoms with Crippen molar-refractivity contribution in [2.75, 3.05) is 0 Å². The number of aromatic hydroxyl groups is 1. The minimum atomic E-state index is 0.319.